The highest BCUT2D eigenvalue weighted by molar-refractivity contribution is 7.19. The minimum absolute atomic E-state index is 0.102. The molecular formula is C15H25N3O2S. The second kappa shape index (κ2) is 7.02. The third kappa shape index (κ3) is 3.26. The van der Waals surface area contributed by atoms with Gasteiger partial charge in [0.1, 0.15) is 15.6 Å². The monoisotopic (exact) mass is 311 g/mol. The van der Waals surface area contributed by atoms with Crippen LogP contribution < -0.4 is 20.7 Å². The summed E-state index contributed by atoms with van der Waals surface area (Å²) in [6.07, 6.45) is 3.28. The van der Waals surface area contributed by atoms with E-state index in [9.17, 15) is 4.79 Å². The Kier molecular flexibility index (Phi) is 5.33. The number of nitrogens with zero attached hydrogens (tertiary/aromatic N) is 1. The second-order valence-corrected chi connectivity index (χ2v) is 6.45. The Labute approximate surface area is 130 Å². The molecule has 118 valence electrons. The van der Waals surface area contributed by atoms with E-state index in [0.717, 1.165) is 30.4 Å². The lowest BCUT2D eigenvalue weighted by atomic mass is 10.1. The molecule has 1 aromatic heterocycles. The normalized spacial score (nSPS) is 18.0. The standard InChI is InChI=1S/C15H25N3O2S/c1-4-7-17-14(19)13-11(16)12(20-3)15(21-13)18-8-6-10(5-2)9-18/h10H,4-9,16H2,1-3H3,(H,17,19). The molecule has 0 spiro atoms. The summed E-state index contributed by atoms with van der Waals surface area (Å²) in [5.41, 5.74) is 6.58. The van der Waals surface area contributed by atoms with Crippen molar-refractivity contribution in [2.75, 3.05) is 37.4 Å². The van der Waals surface area contributed by atoms with Crippen LogP contribution in [0.2, 0.25) is 0 Å². The van der Waals surface area contributed by atoms with Gasteiger partial charge in [0.05, 0.1) is 7.11 Å². The SMILES string of the molecule is CCCNC(=O)c1sc(N2CCC(CC)C2)c(OC)c1N. The number of nitrogens with two attached hydrogens (primary N) is 1. The van der Waals surface area contributed by atoms with E-state index in [1.165, 1.54) is 24.2 Å². The molecule has 21 heavy (non-hydrogen) atoms. The molecule has 0 radical (unpaired) electrons. The zero-order valence-corrected chi connectivity index (χ0v) is 13.9. The second-order valence-electron chi connectivity index (χ2n) is 5.45. The number of ether oxygens (including phenoxy) is 1. The molecule has 0 bridgehead atoms. The first-order valence-electron chi connectivity index (χ1n) is 7.61. The van der Waals surface area contributed by atoms with Crippen molar-refractivity contribution in [2.45, 2.75) is 33.1 Å². The number of rotatable bonds is 6. The largest absolute Gasteiger partial charge is 0.492 e. The summed E-state index contributed by atoms with van der Waals surface area (Å²) < 4.78 is 5.46. The maximum absolute atomic E-state index is 12.2. The lowest BCUT2D eigenvalue weighted by molar-refractivity contribution is 0.0958. The van der Waals surface area contributed by atoms with Crippen LogP contribution in [0.15, 0.2) is 0 Å². The highest BCUT2D eigenvalue weighted by Crippen LogP contribution is 2.46. The number of nitrogen functional groups attached to an aromatic ring is 1. The Morgan fingerprint density at radius 2 is 2.29 bits per heavy atom. The summed E-state index contributed by atoms with van der Waals surface area (Å²) in [5, 5.41) is 3.88. The molecule has 0 aromatic carbocycles. The molecule has 1 aliphatic rings. The van der Waals surface area contributed by atoms with Gasteiger partial charge in [0.2, 0.25) is 0 Å². The minimum atomic E-state index is -0.102. The molecular weight excluding hydrogens is 286 g/mol. The number of hydrogen-bond acceptors (Lipinski definition) is 5. The number of thiophene rings is 1. The Bertz CT molecular complexity index is 501. The van der Waals surface area contributed by atoms with Gasteiger partial charge in [0, 0.05) is 19.6 Å². The smallest absolute Gasteiger partial charge is 0.263 e. The minimum Gasteiger partial charge on any atom is -0.492 e. The topological polar surface area (TPSA) is 67.6 Å². The van der Waals surface area contributed by atoms with Crippen LogP contribution in [0.1, 0.15) is 42.8 Å². The molecule has 1 fully saturated rings. The molecule has 0 saturated carbocycles. The number of carbonyl (C=O) groups is 1. The van der Waals surface area contributed by atoms with Crippen molar-refractivity contribution in [1.29, 1.82) is 0 Å². The fourth-order valence-electron chi connectivity index (χ4n) is 2.66. The van der Waals surface area contributed by atoms with Crippen molar-refractivity contribution in [2.24, 2.45) is 5.92 Å². The summed E-state index contributed by atoms with van der Waals surface area (Å²) in [6, 6.07) is 0. The first-order valence-corrected chi connectivity index (χ1v) is 8.43. The molecule has 1 amide bonds. The van der Waals surface area contributed by atoms with E-state index in [4.69, 9.17) is 10.5 Å². The molecule has 2 rings (SSSR count). The lowest BCUT2D eigenvalue weighted by Crippen LogP contribution is -2.23. The molecule has 2 heterocycles. The van der Waals surface area contributed by atoms with Gasteiger partial charge >= 0.3 is 0 Å². The van der Waals surface area contributed by atoms with Crippen molar-refractivity contribution >= 4 is 27.9 Å². The number of hydrogen-bond donors (Lipinski definition) is 2. The summed E-state index contributed by atoms with van der Waals surface area (Å²) in [5.74, 6) is 1.27. The highest BCUT2D eigenvalue weighted by atomic mass is 32.1. The Hall–Kier alpha value is -1.43. The van der Waals surface area contributed by atoms with Gasteiger partial charge in [-0.05, 0) is 18.8 Å². The quantitative estimate of drug-likeness (QED) is 0.847. The van der Waals surface area contributed by atoms with Crippen LogP contribution in [0.25, 0.3) is 0 Å². The molecule has 1 unspecified atom stereocenters. The first kappa shape index (κ1) is 15.9. The van der Waals surface area contributed by atoms with Crippen LogP contribution in [0.5, 0.6) is 5.75 Å². The van der Waals surface area contributed by atoms with Gasteiger partial charge in [-0.2, -0.15) is 0 Å². The summed E-state index contributed by atoms with van der Waals surface area (Å²) in [6.45, 7) is 6.93. The van der Waals surface area contributed by atoms with Crippen LogP contribution in [0, 0.1) is 5.92 Å². The molecule has 1 saturated heterocycles. The molecule has 1 aliphatic heterocycles. The fraction of sp³-hybridized carbons (Fsp3) is 0.667. The summed E-state index contributed by atoms with van der Waals surface area (Å²) in [4.78, 5) is 15.0. The van der Waals surface area contributed by atoms with Crippen molar-refractivity contribution < 1.29 is 9.53 Å². The van der Waals surface area contributed by atoms with E-state index in [1.807, 2.05) is 6.92 Å². The predicted octanol–water partition coefficient (Wildman–Crippen LogP) is 2.71. The number of carbonyl (C=O) groups excluding carboxylic acids is 1. The maximum Gasteiger partial charge on any atom is 0.263 e. The van der Waals surface area contributed by atoms with Gasteiger partial charge in [-0.25, -0.2) is 0 Å². The molecule has 5 nitrogen and oxygen atoms in total. The van der Waals surface area contributed by atoms with Crippen molar-refractivity contribution in [3.05, 3.63) is 4.88 Å². The van der Waals surface area contributed by atoms with Crippen molar-refractivity contribution in [3.63, 3.8) is 0 Å². The van der Waals surface area contributed by atoms with E-state index in [1.54, 1.807) is 7.11 Å². The van der Waals surface area contributed by atoms with Crippen LogP contribution >= 0.6 is 11.3 Å². The molecule has 0 aliphatic carbocycles. The van der Waals surface area contributed by atoms with Crippen LogP contribution in [0.4, 0.5) is 10.7 Å². The zero-order chi connectivity index (χ0) is 15.4. The van der Waals surface area contributed by atoms with Gasteiger partial charge in [-0.15, -0.1) is 11.3 Å². The van der Waals surface area contributed by atoms with Crippen LogP contribution in [0.3, 0.4) is 0 Å². The van der Waals surface area contributed by atoms with E-state index in [-0.39, 0.29) is 5.91 Å². The van der Waals surface area contributed by atoms with E-state index in [0.29, 0.717) is 22.9 Å². The van der Waals surface area contributed by atoms with Crippen molar-refractivity contribution in [1.82, 2.24) is 5.32 Å². The number of nitrogens with one attached hydrogen (secondary N) is 1. The molecule has 6 heteroatoms. The Morgan fingerprint density at radius 1 is 1.52 bits per heavy atom. The number of anilines is 2. The third-order valence-corrected chi connectivity index (χ3v) is 5.22. The Morgan fingerprint density at radius 3 is 2.86 bits per heavy atom. The van der Waals surface area contributed by atoms with Gasteiger partial charge in [0.25, 0.3) is 5.91 Å². The first-order chi connectivity index (χ1) is 10.1. The summed E-state index contributed by atoms with van der Waals surface area (Å²) >= 11 is 1.44. The van der Waals surface area contributed by atoms with Crippen LogP contribution in [-0.4, -0.2) is 32.7 Å². The van der Waals surface area contributed by atoms with E-state index >= 15 is 0 Å². The van der Waals surface area contributed by atoms with E-state index < -0.39 is 0 Å². The fourth-order valence-corrected chi connectivity index (χ4v) is 3.80. The lowest BCUT2D eigenvalue weighted by Gasteiger charge is -2.17. The van der Waals surface area contributed by atoms with Crippen molar-refractivity contribution in [3.8, 4) is 5.75 Å². The molecule has 3 N–H and O–H groups in total. The van der Waals surface area contributed by atoms with E-state index in [2.05, 4.69) is 17.1 Å². The predicted molar refractivity (Wildman–Crippen MR) is 88.5 cm³/mol. The number of methoxy groups -OCH3 is 1. The van der Waals surface area contributed by atoms with Crippen LogP contribution in [-0.2, 0) is 0 Å². The highest BCUT2D eigenvalue weighted by Gasteiger charge is 2.29. The molecule has 1 atom stereocenters. The molecule has 1 aromatic rings. The Balaban J connectivity index is 2.24. The van der Waals surface area contributed by atoms with Gasteiger partial charge < -0.3 is 20.7 Å². The number of amides is 1. The summed E-state index contributed by atoms with van der Waals surface area (Å²) in [7, 11) is 1.61. The third-order valence-electron chi connectivity index (χ3n) is 3.98. The average molecular weight is 311 g/mol. The van der Waals surface area contributed by atoms with Gasteiger partial charge in [0.15, 0.2) is 5.75 Å². The maximum atomic E-state index is 12.2. The van der Waals surface area contributed by atoms with Gasteiger partial charge in [-0.1, -0.05) is 20.3 Å². The van der Waals surface area contributed by atoms with Gasteiger partial charge in [-0.3, -0.25) is 4.79 Å². The average Bonchev–Trinajstić information content (AvgIpc) is 3.08. The zero-order valence-electron chi connectivity index (χ0n) is 13.1.